The molecule has 0 spiro atoms. The molecule has 4 aromatic heterocycles. The first-order valence-corrected chi connectivity index (χ1v) is 22.7. The van der Waals surface area contributed by atoms with Crippen LogP contribution in [0.1, 0.15) is 98.5 Å². The second kappa shape index (κ2) is 27.9. The quantitative estimate of drug-likeness (QED) is 0.0294. The van der Waals surface area contributed by atoms with Crippen LogP contribution in [0, 0.1) is 0 Å². The van der Waals surface area contributed by atoms with E-state index in [2.05, 4.69) is 41.2 Å². The summed E-state index contributed by atoms with van der Waals surface area (Å²) in [4.78, 5) is 73.0. The number of ketones is 2. The van der Waals surface area contributed by atoms with Gasteiger partial charge in [0.05, 0.1) is 43.9 Å². The Kier molecular flexibility index (Phi) is 23.1. The van der Waals surface area contributed by atoms with Crippen LogP contribution >= 0.6 is 34.8 Å². The molecule has 7 aromatic rings. The maximum atomic E-state index is 12.4. The van der Waals surface area contributed by atoms with Crippen LogP contribution in [0.3, 0.4) is 0 Å². The fraction of sp³-hybridized carbons (Fsp3) is 0.292. The molecule has 0 fully saturated rings. The summed E-state index contributed by atoms with van der Waals surface area (Å²) in [6.07, 6.45) is 3.81. The third kappa shape index (κ3) is 16.6. The fourth-order valence-electron chi connectivity index (χ4n) is 5.99. The molecule has 7 rings (SSSR count). The van der Waals surface area contributed by atoms with E-state index in [4.69, 9.17) is 73.1 Å². The minimum Gasteiger partial charge on any atom is -1.00 e. The van der Waals surface area contributed by atoms with Gasteiger partial charge in [-0.2, -0.15) is 15.0 Å². The number of aromatic nitrogens is 4. The van der Waals surface area contributed by atoms with Gasteiger partial charge in [0.15, 0.2) is 28.4 Å². The van der Waals surface area contributed by atoms with E-state index in [1.54, 1.807) is 30.3 Å². The number of rotatable bonds is 15. The van der Waals surface area contributed by atoms with Crippen LogP contribution in [0.5, 0.6) is 17.2 Å². The van der Waals surface area contributed by atoms with E-state index in [1.807, 2.05) is 41.5 Å². The fourth-order valence-corrected chi connectivity index (χ4v) is 6.81. The van der Waals surface area contributed by atoms with Gasteiger partial charge in [0.1, 0.15) is 56.8 Å². The summed E-state index contributed by atoms with van der Waals surface area (Å²) in [7, 11) is 4.46. The van der Waals surface area contributed by atoms with Crippen LogP contribution in [0.4, 0.5) is 29.4 Å². The van der Waals surface area contributed by atoms with Crippen molar-refractivity contribution >= 4 is 98.6 Å². The van der Waals surface area contributed by atoms with E-state index in [0.717, 1.165) is 6.26 Å². The number of aromatic carboxylic acids is 1. The molecule has 0 saturated carbocycles. The van der Waals surface area contributed by atoms with E-state index >= 15 is 0 Å². The number of fused-ring (bicyclic) bond motifs is 1. The van der Waals surface area contributed by atoms with Crippen molar-refractivity contribution in [2.24, 2.45) is 0 Å². The largest absolute Gasteiger partial charge is 1.00 e. The molecule has 21 nitrogen and oxygen atoms in total. The molecule has 3 aromatic carbocycles. The van der Waals surface area contributed by atoms with Crippen molar-refractivity contribution in [3.05, 3.63) is 109 Å². The van der Waals surface area contributed by atoms with Gasteiger partial charge < -0.3 is 66.0 Å². The number of amides is 1. The van der Waals surface area contributed by atoms with E-state index in [9.17, 15) is 24.0 Å². The molecule has 1 amide bonds. The number of pyridine rings is 1. The topological polar surface area (TPSA) is 301 Å². The average molecular weight is 1080 g/mol. The number of Topliss-reactive ketones (excluding diaryl/α,β-unsaturated/α-hetero) is 2. The monoisotopic (exact) mass is 1080 g/mol. The molecule has 8 N–H and O–H groups in total. The Labute approximate surface area is 458 Å². The smallest absolute Gasteiger partial charge is 1.00 e. The van der Waals surface area contributed by atoms with Gasteiger partial charge in [0, 0.05) is 40.7 Å². The molecule has 25 heteroatoms. The van der Waals surface area contributed by atoms with Crippen molar-refractivity contribution < 1.29 is 82.7 Å². The van der Waals surface area contributed by atoms with Crippen molar-refractivity contribution in [2.75, 3.05) is 48.3 Å². The molecule has 4 heterocycles. The van der Waals surface area contributed by atoms with Gasteiger partial charge in [-0.05, 0) is 91.8 Å². The predicted octanol–water partition coefficient (Wildman–Crippen LogP) is 7.72. The number of H-pyrrole nitrogens is 1. The molecule has 0 saturated heterocycles. The van der Waals surface area contributed by atoms with Gasteiger partial charge in [0.25, 0.3) is 24.0 Å². The van der Waals surface area contributed by atoms with Crippen LogP contribution in [0.25, 0.3) is 22.3 Å². The van der Waals surface area contributed by atoms with Crippen molar-refractivity contribution in [2.45, 2.75) is 73.5 Å². The number of nitrogen functional groups attached to an aromatic ring is 1. The maximum Gasteiger partial charge on any atom is 1.00 e. The van der Waals surface area contributed by atoms with E-state index in [-0.39, 0.29) is 117 Å². The number of oxazole rings is 3. The molecule has 386 valence electrons. The number of nitrogens with zero attached hydrogens (tertiary/aromatic N) is 3. The van der Waals surface area contributed by atoms with Crippen LogP contribution in [-0.4, -0.2) is 87.9 Å². The normalized spacial score (nSPS) is 10.4. The minimum atomic E-state index is -1.09. The summed E-state index contributed by atoms with van der Waals surface area (Å²) in [5.41, 5.74) is 8.15. The van der Waals surface area contributed by atoms with Crippen molar-refractivity contribution in [1.29, 1.82) is 0 Å². The summed E-state index contributed by atoms with van der Waals surface area (Å²) >= 11 is 18.4. The standard InChI is InChI=1S/C16H18ClN3O4.C16H16ClN3O3.C9H10ClNO2.C7H10N2O3.Na.H/c1-8(2)18-16-19-11(7-24-16)15(22)20-14-10(9(3)21)5-6-12(23-4)13(14)17;1-8(2)18-16-20-11(7-23-16)10-6-12(21)9-4-5-13(22-3)14(17)15(9)19-10;1-5(12)6-3-4-7(13-2)8(10)9(6)11;1-4(2)8-7-9-5(3-12-7)6(10)11;;/h5-8H,1-4H3,(H,18,19)(H,20,22);4-8H,1-3H3,(H,18,20)(H,19,21);3-4H,11H2,1-2H3;3-4H,1-2H3,(H,8,9)(H,10,11);;/q;;;;+1;-1. The first kappa shape index (κ1) is 60.6. The molecule has 0 aliphatic rings. The maximum absolute atomic E-state index is 12.4. The zero-order chi connectivity index (χ0) is 53.6. The van der Waals surface area contributed by atoms with Gasteiger partial charge >= 0.3 is 35.5 Å². The number of aromatic amines is 1. The Morgan fingerprint density at radius 3 is 1.62 bits per heavy atom. The summed E-state index contributed by atoms with van der Waals surface area (Å²) < 4.78 is 30.6. The summed E-state index contributed by atoms with van der Waals surface area (Å²) in [6, 6.07) is 12.5. The Morgan fingerprint density at radius 1 is 0.671 bits per heavy atom. The SMILES string of the molecule is CC(C)Nc1nc(C(=O)O)co1.COc1ccc(C(C)=O)c(N)c1Cl.COc1ccc(C(C)=O)c(NC(=O)c2coc(NC(C)C)n2)c1Cl.COc1ccc2c(=O)cc(-c3coc(NC(C)C)n3)[nH]c2c1Cl.[H-].[Na+]. The zero-order valence-corrected chi connectivity index (χ0v) is 46.3. The number of nitrogens with one attached hydrogen (secondary N) is 5. The second-order valence-electron chi connectivity index (χ2n) is 16.0. The molecule has 0 bridgehead atoms. The predicted molar refractivity (Wildman–Crippen MR) is 277 cm³/mol. The van der Waals surface area contributed by atoms with Crippen LogP contribution in [0.2, 0.25) is 15.1 Å². The van der Waals surface area contributed by atoms with E-state index in [1.165, 1.54) is 59.8 Å². The Balaban J connectivity index is 0.000000349. The van der Waals surface area contributed by atoms with Crippen LogP contribution in [0.15, 0.2) is 79.3 Å². The van der Waals surface area contributed by atoms with Crippen molar-refractivity contribution in [3.63, 3.8) is 0 Å². The zero-order valence-electron chi connectivity index (χ0n) is 43.0. The summed E-state index contributed by atoms with van der Waals surface area (Å²) in [5.74, 6) is -0.666. The number of halogens is 3. The van der Waals surface area contributed by atoms with Crippen LogP contribution in [-0.2, 0) is 0 Å². The van der Waals surface area contributed by atoms with Gasteiger partial charge in [0.2, 0.25) is 0 Å². The van der Waals surface area contributed by atoms with Crippen molar-refractivity contribution in [1.82, 2.24) is 19.9 Å². The van der Waals surface area contributed by atoms with Crippen LogP contribution < -0.4 is 76.2 Å². The number of carboxylic acids is 1. The molecular weight excluding hydrogens is 1020 g/mol. The van der Waals surface area contributed by atoms with Gasteiger partial charge in [-0.3, -0.25) is 19.2 Å². The second-order valence-corrected chi connectivity index (χ2v) is 17.1. The number of benzene rings is 3. The Morgan fingerprint density at radius 2 is 1.12 bits per heavy atom. The molecule has 73 heavy (non-hydrogen) atoms. The number of carbonyl (C=O) groups is 4. The number of hydrogen-bond acceptors (Lipinski definition) is 18. The third-order valence-corrected chi connectivity index (χ3v) is 10.4. The number of carboxylic acid groups (broad SMARTS) is 1. The number of nitrogens with two attached hydrogens (primary N) is 1. The Hall–Kier alpha value is -6.75. The molecule has 0 radical (unpaired) electrons. The number of ether oxygens (including phenoxy) is 3. The number of anilines is 5. The number of hydrogen-bond donors (Lipinski definition) is 7. The Bertz CT molecular complexity index is 3110. The van der Waals surface area contributed by atoms with Gasteiger partial charge in [-0.15, -0.1) is 0 Å². The third-order valence-electron chi connectivity index (χ3n) is 9.29. The van der Waals surface area contributed by atoms with E-state index in [0.29, 0.717) is 56.1 Å². The molecular formula is C48H55Cl3N9NaO12. The number of methoxy groups -OCH3 is 3. The molecule has 0 atom stereocenters. The summed E-state index contributed by atoms with van der Waals surface area (Å²) in [5, 5.41) is 21.2. The first-order chi connectivity index (χ1) is 34.0. The molecule has 0 unspecified atom stereocenters. The number of carbonyl (C=O) groups excluding carboxylic acids is 3. The van der Waals surface area contributed by atoms with Gasteiger partial charge in [-0.25, -0.2) is 4.79 Å². The van der Waals surface area contributed by atoms with E-state index < -0.39 is 11.9 Å². The summed E-state index contributed by atoms with van der Waals surface area (Å²) in [6.45, 7) is 14.4. The van der Waals surface area contributed by atoms with Crippen molar-refractivity contribution in [3.8, 4) is 28.6 Å². The average Bonchev–Trinajstić information content (AvgIpc) is 4.10. The minimum absolute atomic E-state index is 0. The molecule has 0 aliphatic carbocycles. The molecule has 0 aliphatic heterocycles. The van der Waals surface area contributed by atoms with Gasteiger partial charge in [-0.1, -0.05) is 34.8 Å². The first-order valence-electron chi connectivity index (χ1n) is 21.6.